The third-order valence-electron chi connectivity index (χ3n) is 16.2. The van der Waals surface area contributed by atoms with E-state index in [1.54, 1.807) is 0 Å². The summed E-state index contributed by atoms with van der Waals surface area (Å²) in [7, 11) is -4.51. The topological polar surface area (TPSA) is 146 Å². The molecule has 4 saturated carbocycles. The van der Waals surface area contributed by atoms with E-state index in [2.05, 4.69) is 20.8 Å². The molecule has 0 radical (unpaired) electrons. The standard InChI is InChI=1S/C45H83O9P/c1-5-6-7-8-9-10-11-12-13-14-15-16-17-18-25-53-39-23-26-54-40(39)31-52-24-19-20-32(2)35-21-22-36-43-37(30-41(48)45(35,36)4)44(3)33(28-38(43)47)27-34(46)29-42(44)55(49,50)51/h32-43,46-48H,5-31H2,1-4H3,(H2,49,50,51)/t32-,33+,34+,35-,36+,37+,38-,39+,40-,41+,42?,43+,44+,45-/m1/s1. The molecule has 0 aromatic rings. The molecule has 0 spiro atoms. The van der Waals surface area contributed by atoms with Gasteiger partial charge in [-0.1, -0.05) is 111 Å². The Kier molecular flexibility index (Phi) is 17.9. The van der Waals surface area contributed by atoms with Crippen LogP contribution in [0.25, 0.3) is 0 Å². The highest BCUT2D eigenvalue weighted by molar-refractivity contribution is 7.52. The summed E-state index contributed by atoms with van der Waals surface area (Å²) in [6.45, 7) is 11.6. The average molecular weight is 799 g/mol. The molecule has 1 saturated heterocycles. The second kappa shape index (κ2) is 21.4. The van der Waals surface area contributed by atoms with E-state index in [1.807, 2.05) is 6.92 Å². The van der Waals surface area contributed by atoms with Crippen LogP contribution < -0.4 is 0 Å². The maximum absolute atomic E-state index is 12.9. The van der Waals surface area contributed by atoms with Gasteiger partial charge in [-0.2, -0.15) is 0 Å². The Labute approximate surface area is 335 Å². The van der Waals surface area contributed by atoms with Crippen LogP contribution in [0.15, 0.2) is 0 Å². The van der Waals surface area contributed by atoms with Crippen molar-refractivity contribution >= 4 is 7.60 Å². The summed E-state index contributed by atoms with van der Waals surface area (Å²) in [5.74, 6) is 0.321. The van der Waals surface area contributed by atoms with Gasteiger partial charge in [-0.05, 0) is 111 Å². The molecule has 322 valence electrons. The van der Waals surface area contributed by atoms with Gasteiger partial charge in [0.1, 0.15) is 6.10 Å². The van der Waals surface area contributed by atoms with Crippen molar-refractivity contribution in [1.82, 2.24) is 0 Å². The van der Waals surface area contributed by atoms with Gasteiger partial charge < -0.3 is 39.3 Å². The molecule has 55 heavy (non-hydrogen) atoms. The number of fused-ring (bicyclic) bond motifs is 5. The summed E-state index contributed by atoms with van der Waals surface area (Å²) in [6, 6.07) is 0. The Balaban J connectivity index is 0.977. The lowest BCUT2D eigenvalue weighted by Crippen LogP contribution is -2.65. The van der Waals surface area contributed by atoms with Crippen LogP contribution in [0.5, 0.6) is 0 Å². The summed E-state index contributed by atoms with van der Waals surface area (Å²) in [4.78, 5) is 21.0. The quantitative estimate of drug-likeness (QED) is 0.0477. The predicted molar refractivity (Wildman–Crippen MR) is 219 cm³/mol. The number of ether oxygens (including phenoxy) is 3. The van der Waals surface area contributed by atoms with E-state index < -0.39 is 37.0 Å². The van der Waals surface area contributed by atoms with Crippen molar-refractivity contribution in [3.05, 3.63) is 0 Å². The van der Waals surface area contributed by atoms with Crippen LogP contribution in [0, 0.1) is 46.3 Å². The van der Waals surface area contributed by atoms with E-state index in [0.29, 0.717) is 44.3 Å². The smallest absolute Gasteiger partial charge is 0.329 e. The highest BCUT2D eigenvalue weighted by atomic mass is 31.2. The summed E-state index contributed by atoms with van der Waals surface area (Å²) in [5.41, 5.74) is -2.04. The maximum Gasteiger partial charge on any atom is 0.329 e. The van der Waals surface area contributed by atoms with E-state index in [1.165, 1.54) is 83.5 Å². The van der Waals surface area contributed by atoms with Gasteiger partial charge in [0.05, 0.1) is 36.7 Å². The van der Waals surface area contributed by atoms with E-state index in [0.717, 1.165) is 51.7 Å². The molecular formula is C45H83O9P. The van der Waals surface area contributed by atoms with Gasteiger partial charge in [0.2, 0.25) is 0 Å². The molecule has 0 aromatic heterocycles. The molecule has 1 aliphatic heterocycles. The molecule has 1 heterocycles. The lowest BCUT2D eigenvalue weighted by molar-refractivity contribution is -0.206. The van der Waals surface area contributed by atoms with Gasteiger partial charge in [0.15, 0.2) is 0 Å². The van der Waals surface area contributed by atoms with Crippen LogP contribution in [0.4, 0.5) is 0 Å². The number of aliphatic hydroxyl groups excluding tert-OH is 3. The predicted octanol–water partition coefficient (Wildman–Crippen LogP) is 9.19. The molecule has 5 N–H and O–H groups in total. The first-order valence-corrected chi connectivity index (χ1v) is 24.9. The molecule has 4 aliphatic carbocycles. The minimum absolute atomic E-state index is 0.00452. The Morgan fingerprint density at radius 1 is 0.745 bits per heavy atom. The van der Waals surface area contributed by atoms with Crippen molar-refractivity contribution in [3.63, 3.8) is 0 Å². The number of rotatable bonds is 24. The largest absolute Gasteiger partial charge is 0.393 e. The second-order valence-electron chi connectivity index (χ2n) is 19.6. The van der Waals surface area contributed by atoms with Crippen molar-refractivity contribution in [3.8, 4) is 0 Å². The van der Waals surface area contributed by atoms with Gasteiger partial charge in [-0.15, -0.1) is 0 Å². The number of hydrogen-bond donors (Lipinski definition) is 5. The Hall–Kier alpha value is -0.0900. The third kappa shape index (κ3) is 11.2. The van der Waals surface area contributed by atoms with E-state index in [-0.39, 0.29) is 47.7 Å². The molecule has 14 atom stereocenters. The summed E-state index contributed by atoms with van der Waals surface area (Å²) >= 11 is 0. The molecule has 0 amide bonds. The normalized spacial score (nSPS) is 39.5. The minimum Gasteiger partial charge on any atom is -0.393 e. The molecule has 0 aromatic carbocycles. The van der Waals surface area contributed by atoms with Gasteiger partial charge in [-0.3, -0.25) is 4.57 Å². The fraction of sp³-hybridized carbons (Fsp3) is 1.00. The molecule has 0 bridgehead atoms. The van der Waals surface area contributed by atoms with Crippen molar-refractivity contribution in [2.24, 2.45) is 46.3 Å². The molecule has 5 rings (SSSR count). The fourth-order valence-corrected chi connectivity index (χ4v) is 14.8. The van der Waals surface area contributed by atoms with Crippen molar-refractivity contribution in [2.45, 2.75) is 212 Å². The SMILES string of the molecule is CCCCCCCCCCCCCCCCO[C@H]1CCO[C@@H]1COCCC[C@@H](C)[C@H]1CC[C@H]2[C@@H]3[C@H](O)C[C@@H]4C[C@H](O)CC(P(=O)(O)O)[C@]4(C)[C@H]3C[C@H](O)[C@]12C. The highest BCUT2D eigenvalue weighted by Crippen LogP contribution is 2.71. The zero-order valence-corrected chi connectivity index (χ0v) is 36.2. The van der Waals surface area contributed by atoms with E-state index in [9.17, 15) is 29.7 Å². The first-order valence-electron chi connectivity index (χ1n) is 23.2. The second-order valence-corrected chi connectivity index (χ2v) is 21.4. The lowest BCUT2D eigenvalue weighted by atomic mass is 9.43. The Morgan fingerprint density at radius 3 is 2.02 bits per heavy atom. The zero-order valence-electron chi connectivity index (χ0n) is 35.3. The van der Waals surface area contributed by atoms with Crippen molar-refractivity contribution in [1.29, 1.82) is 0 Å². The van der Waals surface area contributed by atoms with Crippen molar-refractivity contribution in [2.75, 3.05) is 26.4 Å². The van der Waals surface area contributed by atoms with E-state index >= 15 is 0 Å². The number of aliphatic hydroxyl groups is 3. The van der Waals surface area contributed by atoms with E-state index in [4.69, 9.17) is 14.2 Å². The Bertz CT molecular complexity index is 1170. The maximum atomic E-state index is 12.9. The van der Waals surface area contributed by atoms with Crippen molar-refractivity contribution < 1.29 is 43.9 Å². The summed E-state index contributed by atoms with van der Waals surface area (Å²) in [6.07, 6.45) is 23.4. The summed E-state index contributed by atoms with van der Waals surface area (Å²) in [5, 5.41) is 34.3. The fourth-order valence-electron chi connectivity index (χ4n) is 13.1. The first kappa shape index (κ1) is 46.0. The monoisotopic (exact) mass is 799 g/mol. The molecule has 10 heteroatoms. The van der Waals surface area contributed by atoms with Gasteiger partial charge in [-0.25, -0.2) is 0 Å². The van der Waals surface area contributed by atoms with Crippen LogP contribution in [-0.2, 0) is 18.8 Å². The first-order chi connectivity index (χ1) is 26.3. The van der Waals surface area contributed by atoms with Crippen LogP contribution in [0.2, 0.25) is 0 Å². The van der Waals surface area contributed by atoms with Gasteiger partial charge in [0.25, 0.3) is 0 Å². The van der Waals surface area contributed by atoms with Crippen LogP contribution in [0.1, 0.15) is 175 Å². The van der Waals surface area contributed by atoms with Crippen LogP contribution in [-0.4, -0.2) is 87.7 Å². The molecular weight excluding hydrogens is 715 g/mol. The molecule has 9 nitrogen and oxygen atoms in total. The minimum atomic E-state index is -4.51. The van der Waals surface area contributed by atoms with Gasteiger partial charge in [0, 0.05) is 19.8 Å². The molecule has 5 aliphatic rings. The highest BCUT2D eigenvalue weighted by Gasteiger charge is 2.69. The average Bonchev–Trinajstić information content (AvgIpc) is 3.74. The van der Waals surface area contributed by atoms with Gasteiger partial charge >= 0.3 is 7.60 Å². The lowest BCUT2D eigenvalue weighted by Gasteiger charge is -2.65. The third-order valence-corrected chi connectivity index (χ3v) is 17.8. The summed E-state index contributed by atoms with van der Waals surface area (Å²) < 4.78 is 31.3. The van der Waals surface area contributed by atoms with Crippen LogP contribution >= 0.6 is 7.60 Å². The number of unbranched alkanes of at least 4 members (excludes halogenated alkanes) is 13. The number of hydrogen-bond acceptors (Lipinski definition) is 7. The molecule has 1 unspecified atom stereocenters. The molecule has 5 fully saturated rings. The Morgan fingerprint density at radius 2 is 1.38 bits per heavy atom. The van der Waals surface area contributed by atoms with Crippen LogP contribution in [0.3, 0.4) is 0 Å². The zero-order chi connectivity index (χ0) is 39.6.